The molecular weight excluding hydrogens is 540 g/mol. The number of ether oxygens (including phenoxy) is 1. The molecule has 3 aliphatic heterocycles. The molecule has 0 spiro atoms. The van der Waals surface area contributed by atoms with Crippen molar-refractivity contribution in [2.45, 2.75) is 38.1 Å². The van der Waals surface area contributed by atoms with Crippen LogP contribution in [-0.4, -0.2) is 79.9 Å². The second kappa shape index (κ2) is 11.1. The second-order valence-corrected chi connectivity index (χ2v) is 13.0. The highest BCUT2D eigenvalue weighted by Gasteiger charge is 2.34. The van der Waals surface area contributed by atoms with Crippen molar-refractivity contribution < 1.29 is 22.7 Å². The Hall–Kier alpha value is -3.47. The van der Waals surface area contributed by atoms with E-state index in [1.165, 1.54) is 4.31 Å². The van der Waals surface area contributed by atoms with Crippen LogP contribution in [-0.2, 0) is 30.9 Å². The van der Waals surface area contributed by atoms with Crippen molar-refractivity contribution in [2.24, 2.45) is 5.92 Å². The van der Waals surface area contributed by atoms with Crippen LogP contribution in [0.1, 0.15) is 37.8 Å². The number of fused-ring (bicyclic) bond motifs is 2. The van der Waals surface area contributed by atoms with Crippen LogP contribution < -0.4 is 4.90 Å². The van der Waals surface area contributed by atoms with Gasteiger partial charge in [0.2, 0.25) is 15.9 Å². The summed E-state index contributed by atoms with van der Waals surface area (Å²) in [6, 6.07) is 12.8. The van der Waals surface area contributed by atoms with Crippen molar-refractivity contribution in [1.82, 2.24) is 13.8 Å². The van der Waals surface area contributed by atoms with Gasteiger partial charge in [-0.15, -0.1) is 0 Å². The molecule has 3 aliphatic rings. The fourth-order valence-electron chi connectivity index (χ4n) is 6.07. The maximum Gasteiger partial charge on any atom is 0.258 e. The van der Waals surface area contributed by atoms with Crippen LogP contribution in [0.4, 0.5) is 5.69 Å². The lowest BCUT2D eigenvalue weighted by Gasteiger charge is -2.30. The lowest BCUT2D eigenvalue weighted by atomic mass is 9.99. The molecule has 0 aliphatic carbocycles. The Bertz CT molecular complexity index is 1630. The predicted octanol–water partition coefficient (Wildman–Crippen LogP) is 3.83. The first kappa shape index (κ1) is 27.7. The number of likely N-dealkylation sites (tertiary alicyclic amines) is 1. The highest BCUT2D eigenvalue weighted by molar-refractivity contribution is 7.89. The predicted molar refractivity (Wildman–Crippen MR) is 159 cm³/mol. The number of para-hydroxylation sites is 1. The maximum atomic E-state index is 13.6. The van der Waals surface area contributed by atoms with Gasteiger partial charge in [-0.3, -0.25) is 9.59 Å². The van der Waals surface area contributed by atoms with Crippen LogP contribution in [0.2, 0.25) is 0 Å². The number of hydrogen-bond donors (Lipinski definition) is 0. The van der Waals surface area contributed by atoms with Crippen molar-refractivity contribution in [2.75, 3.05) is 50.8 Å². The molecule has 0 N–H and O–H groups in total. The molecule has 1 aromatic heterocycles. The van der Waals surface area contributed by atoms with Gasteiger partial charge in [0, 0.05) is 66.5 Å². The number of sulfonamides is 1. The number of rotatable bonds is 6. The van der Waals surface area contributed by atoms with Gasteiger partial charge in [0.05, 0.1) is 23.8 Å². The van der Waals surface area contributed by atoms with Crippen molar-refractivity contribution in [3.63, 3.8) is 0 Å². The van der Waals surface area contributed by atoms with Gasteiger partial charge in [-0.05, 0) is 56.0 Å². The fourth-order valence-corrected chi connectivity index (χ4v) is 7.50. The number of amides is 2. The van der Waals surface area contributed by atoms with E-state index >= 15 is 0 Å². The summed E-state index contributed by atoms with van der Waals surface area (Å²) in [6.07, 6.45) is 5.81. The molecular formula is C31H36N4O5S. The van der Waals surface area contributed by atoms with Crippen LogP contribution in [0.3, 0.4) is 0 Å². The van der Waals surface area contributed by atoms with Gasteiger partial charge in [0.1, 0.15) is 6.54 Å². The number of carbonyl (C=O) groups excluding carboxylic acids is 2. The average molecular weight is 577 g/mol. The third kappa shape index (κ3) is 5.09. The van der Waals surface area contributed by atoms with E-state index in [1.54, 1.807) is 23.1 Å². The zero-order valence-electron chi connectivity index (χ0n) is 23.6. The molecule has 9 nitrogen and oxygen atoms in total. The zero-order chi connectivity index (χ0) is 28.7. The number of carbonyl (C=O) groups is 2. The summed E-state index contributed by atoms with van der Waals surface area (Å²) in [4.78, 5) is 30.6. The van der Waals surface area contributed by atoms with Crippen molar-refractivity contribution >= 4 is 50.1 Å². The van der Waals surface area contributed by atoms with Gasteiger partial charge in [0.25, 0.3) is 5.91 Å². The van der Waals surface area contributed by atoms with E-state index in [-0.39, 0.29) is 23.3 Å². The summed E-state index contributed by atoms with van der Waals surface area (Å²) >= 11 is 0. The summed E-state index contributed by atoms with van der Waals surface area (Å²) in [6.45, 7) is 7.71. The minimum Gasteiger partial charge on any atom is -0.379 e. The van der Waals surface area contributed by atoms with Crippen LogP contribution in [0, 0.1) is 5.92 Å². The molecule has 10 heteroatoms. The van der Waals surface area contributed by atoms with E-state index in [4.69, 9.17) is 4.74 Å². The first-order chi connectivity index (χ1) is 19.8. The van der Waals surface area contributed by atoms with Crippen LogP contribution in [0.15, 0.2) is 53.6 Å². The quantitative estimate of drug-likeness (QED) is 0.416. The smallest absolute Gasteiger partial charge is 0.258 e. The Morgan fingerprint density at radius 3 is 2.51 bits per heavy atom. The Kier molecular flexibility index (Phi) is 7.48. The van der Waals surface area contributed by atoms with Gasteiger partial charge in [-0.25, -0.2) is 8.42 Å². The molecule has 0 atom stereocenters. The number of anilines is 1. The average Bonchev–Trinajstić information content (AvgIpc) is 3.47. The number of hydrogen-bond acceptors (Lipinski definition) is 5. The number of likely N-dealkylation sites (N-methyl/N-ethyl adjacent to an activating group) is 1. The van der Waals surface area contributed by atoms with Crippen LogP contribution >= 0.6 is 0 Å². The van der Waals surface area contributed by atoms with Gasteiger partial charge >= 0.3 is 0 Å². The minimum absolute atomic E-state index is 0.0919. The van der Waals surface area contributed by atoms with E-state index < -0.39 is 10.0 Å². The number of piperidine rings is 1. The molecule has 216 valence electrons. The number of aromatic nitrogens is 1. The van der Waals surface area contributed by atoms with E-state index in [0.29, 0.717) is 55.6 Å². The van der Waals surface area contributed by atoms with Crippen molar-refractivity contribution in [1.29, 1.82) is 0 Å². The highest BCUT2D eigenvalue weighted by Crippen LogP contribution is 2.40. The Balaban J connectivity index is 1.38. The van der Waals surface area contributed by atoms with Crippen LogP contribution in [0.25, 0.3) is 22.6 Å². The number of benzene rings is 2. The molecule has 4 heterocycles. The minimum atomic E-state index is -3.73. The summed E-state index contributed by atoms with van der Waals surface area (Å²) < 4.78 is 35.6. The summed E-state index contributed by atoms with van der Waals surface area (Å²) in [5.41, 5.74) is 3.47. The molecule has 0 bridgehead atoms. The van der Waals surface area contributed by atoms with Gasteiger partial charge in [-0.1, -0.05) is 25.1 Å². The first-order valence-corrected chi connectivity index (χ1v) is 15.8. The Labute approximate surface area is 241 Å². The lowest BCUT2D eigenvalue weighted by molar-refractivity contribution is -0.133. The Morgan fingerprint density at radius 1 is 1.05 bits per heavy atom. The van der Waals surface area contributed by atoms with E-state index in [1.807, 2.05) is 52.9 Å². The standard InChI is InChI=1S/C31H36N4O5S/c1-3-35-29-9-8-24(41(38,39)34-14-16-40-17-15-34)19-26(29)27(31(35)37)18-23-20-33(28-7-5-4-6-25(23)28)21-30(36)32-12-10-22(2)11-13-32/h4-9,18-20,22H,3,10-17,21H2,1-2H3. The largest absolute Gasteiger partial charge is 0.379 e. The molecule has 2 aromatic carbocycles. The third-order valence-electron chi connectivity index (χ3n) is 8.51. The molecule has 6 rings (SSSR count). The molecule has 0 radical (unpaired) electrons. The molecule has 0 unspecified atom stereocenters. The molecule has 2 amide bonds. The van der Waals surface area contributed by atoms with Crippen LogP contribution in [0.5, 0.6) is 0 Å². The molecule has 41 heavy (non-hydrogen) atoms. The third-order valence-corrected chi connectivity index (χ3v) is 10.4. The van der Waals surface area contributed by atoms with E-state index in [2.05, 4.69) is 6.92 Å². The fraction of sp³-hybridized carbons (Fsp3) is 0.419. The molecule has 0 saturated carbocycles. The Morgan fingerprint density at radius 2 is 1.78 bits per heavy atom. The molecule has 2 fully saturated rings. The van der Waals surface area contributed by atoms with Gasteiger partial charge in [0.15, 0.2) is 0 Å². The SMILES string of the molecule is CCN1C(=O)C(=Cc2cn(CC(=O)N3CCC(C)CC3)c3ccccc23)c2cc(S(=O)(=O)N3CCOCC3)ccc21. The highest BCUT2D eigenvalue weighted by atomic mass is 32.2. The van der Waals surface area contributed by atoms with Crippen molar-refractivity contribution in [3.05, 3.63) is 59.8 Å². The molecule has 3 aromatic rings. The topological polar surface area (TPSA) is 92.2 Å². The van der Waals surface area contributed by atoms with E-state index in [9.17, 15) is 18.0 Å². The molecule has 2 saturated heterocycles. The lowest BCUT2D eigenvalue weighted by Crippen LogP contribution is -2.40. The van der Waals surface area contributed by atoms with Gasteiger partial charge < -0.3 is 19.1 Å². The summed E-state index contributed by atoms with van der Waals surface area (Å²) in [7, 11) is -3.73. The van der Waals surface area contributed by atoms with E-state index in [0.717, 1.165) is 42.4 Å². The monoisotopic (exact) mass is 576 g/mol. The van der Waals surface area contributed by atoms with Crippen molar-refractivity contribution in [3.8, 4) is 0 Å². The maximum absolute atomic E-state index is 13.6. The summed E-state index contributed by atoms with van der Waals surface area (Å²) in [5, 5.41) is 0.932. The van der Waals surface area contributed by atoms with Gasteiger partial charge in [-0.2, -0.15) is 4.31 Å². The number of morpholine rings is 1. The zero-order valence-corrected chi connectivity index (χ0v) is 24.4. The first-order valence-electron chi connectivity index (χ1n) is 14.4. The number of nitrogens with zero attached hydrogens (tertiary/aromatic N) is 4. The normalized spacial score (nSPS) is 19.9. The second-order valence-electron chi connectivity index (χ2n) is 11.1. The summed E-state index contributed by atoms with van der Waals surface area (Å²) in [5.74, 6) is 0.566.